The molecule has 0 saturated heterocycles. The average molecular weight is 224 g/mol. The van der Waals surface area contributed by atoms with Crippen molar-refractivity contribution in [2.75, 3.05) is 5.32 Å². The number of nitrogens with one attached hydrogen (secondary N) is 1. The van der Waals surface area contributed by atoms with Gasteiger partial charge in [0.25, 0.3) is 0 Å². The van der Waals surface area contributed by atoms with Gasteiger partial charge in [0.2, 0.25) is 0 Å². The number of carbonyl (C=O) groups is 1. The first kappa shape index (κ1) is 11.1. The highest BCUT2D eigenvalue weighted by molar-refractivity contribution is 6.04. The summed E-state index contributed by atoms with van der Waals surface area (Å²) in [6.07, 6.45) is 6.52. The molecule has 1 aromatic carbocycles. The molecule has 84 valence electrons. The van der Waals surface area contributed by atoms with Crippen molar-refractivity contribution in [2.45, 2.75) is 0 Å². The van der Waals surface area contributed by atoms with Gasteiger partial charge in [-0.3, -0.25) is 9.78 Å². The van der Waals surface area contributed by atoms with E-state index in [1.165, 1.54) is 6.08 Å². The maximum Gasteiger partial charge on any atom is 0.187 e. The second kappa shape index (κ2) is 5.61. The van der Waals surface area contributed by atoms with E-state index in [2.05, 4.69) is 10.3 Å². The quantitative estimate of drug-likeness (QED) is 0.641. The van der Waals surface area contributed by atoms with Crippen LogP contribution >= 0.6 is 0 Å². The number of hydrogen-bond acceptors (Lipinski definition) is 3. The molecule has 0 saturated carbocycles. The normalized spacial score (nSPS) is 10.4. The fraction of sp³-hybridized carbons (Fsp3) is 0. The van der Waals surface area contributed by atoms with Gasteiger partial charge in [-0.1, -0.05) is 30.3 Å². The molecule has 0 spiro atoms. The Morgan fingerprint density at radius 1 is 1.06 bits per heavy atom. The number of nitrogens with zero attached hydrogens (tertiary/aromatic N) is 1. The van der Waals surface area contributed by atoms with Crippen molar-refractivity contribution in [3.05, 3.63) is 72.7 Å². The van der Waals surface area contributed by atoms with Crippen LogP contribution in [0, 0.1) is 0 Å². The van der Waals surface area contributed by atoms with E-state index in [1.54, 1.807) is 30.7 Å². The van der Waals surface area contributed by atoms with Gasteiger partial charge in [-0.15, -0.1) is 0 Å². The van der Waals surface area contributed by atoms with Crippen molar-refractivity contribution in [3.8, 4) is 0 Å². The molecular formula is C14H12N2O. The molecule has 0 atom stereocenters. The zero-order valence-electron chi connectivity index (χ0n) is 9.21. The number of ketones is 1. The van der Waals surface area contributed by atoms with Crippen LogP contribution < -0.4 is 5.32 Å². The van der Waals surface area contributed by atoms with Gasteiger partial charge in [0.15, 0.2) is 5.78 Å². The summed E-state index contributed by atoms with van der Waals surface area (Å²) in [4.78, 5) is 15.6. The van der Waals surface area contributed by atoms with Gasteiger partial charge in [0, 0.05) is 35.9 Å². The van der Waals surface area contributed by atoms with E-state index in [1.807, 2.05) is 30.3 Å². The van der Waals surface area contributed by atoms with Crippen LogP contribution in [0.4, 0.5) is 5.69 Å². The zero-order chi connectivity index (χ0) is 11.9. The Labute approximate surface area is 99.8 Å². The lowest BCUT2D eigenvalue weighted by atomic mass is 10.1. The molecule has 0 radical (unpaired) electrons. The Kier molecular flexibility index (Phi) is 3.65. The highest BCUT2D eigenvalue weighted by Gasteiger charge is 1.98. The molecule has 0 aliphatic carbocycles. The van der Waals surface area contributed by atoms with Crippen molar-refractivity contribution >= 4 is 11.5 Å². The highest BCUT2D eigenvalue weighted by atomic mass is 16.1. The van der Waals surface area contributed by atoms with Crippen molar-refractivity contribution < 1.29 is 4.79 Å². The monoisotopic (exact) mass is 224 g/mol. The Bertz CT molecular complexity index is 506. The van der Waals surface area contributed by atoms with Crippen LogP contribution in [0.1, 0.15) is 10.4 Å². The van der Waals surface area contributed by atoms with Crippen LogP contribution in [0.2, 0.25) is 0 Å². The minimum absolute atomic E-state index is 0.0212. The Balaban J connectivity index is 1.96. The first-order valence-corrected chi connectivity index (χ1v) is 5.29. The number of carbonyl (C=O) groups excluding carboxylic acids is 1. The van der Waals surface area contributed by atoms with Gasteiger partial charge in [-0.2, -0.15) is 0 Å². The van der Waals surface area contributed by atoms with Crippen LogP contribution in [-0.2, 0) is 0 Å². The molecule has 0 aliphatic rings. The summed E-state index contributed by atoms with van der Waals surface area (Å²) in [6.45, 7) is 0. The molecule has 0 unspecified atom stereocenters. The lowest BCUT2D eigenvalue weighted by molar-refractivity contribution is 0.104. The maximum absolute atomic E-state index is 11.7. The standard InChI is InChI=1S/C14H12N2O/c17-14(12-4-2-1-3-5-12)8-11-16-13-6-9-15-10-7-13/h1-11H,(H,15,16)/b11-8+. The summed E-state index contributed by atoms with van der Waals surface area (Å²) in [5, 5.41) is 3.00. The average Bonchev–Trinajstić information content (AvgIpc) is 2.41. The SMILES string of the molecule is O=C(/C=C/Nc1ccncc1)c1ccccc1. The summed E-state index contributed by atoms with van der Waals surface area (Å²) < 4.78 is 0. The molecular weight excluding hydrogens is 212 g/mol. The molecule has 17 heavy (non-hydrogen) atoms. The van der Waals surface area contributed by atoms with Crippen LogP contribution in [0.5, 0.6) is 0 Å². The first-order chi connectivity index (χ1) is 8.36. The number of hydrogen-bond donors (Lipinski definition) is 1. The third-order valence-corrected chi connectivity index (χ3v) is 2.22. The van der Waals surface area contributed by atoms with Gasteiger partial charge < -0.3 is 5.32 Å². The van der Waals surface area contributed by atoms with Gasteiger partial charge in [-0.05, 0) is 12.1 Å². The predicted molar refractivity (Wildman–Crippen MR) is 67.8 cm³/mol. The highest BCUT2D eigenvalue weighted by Crippen LogP contribution is 2.04. The second-order valence-electron chi connectivity index (χ2n) is 3.44. The van der Waals surface area contributed by atoms with Gasteiger partial charge in [0.1, 0.15) is 0 Å². The molecule has 0 amide bonds. The zero-order valence-corrected chi connectivity index (χ0v) is 9.21. The third kappa shape index (κ3) is 3.28. The Hall–Kier alpha value is -2.42. The van der Waals surface area contributed by atoms with Crippen molar-refractivity contribution in [3.63, 3.8) is 0 Å². The number of pyridine rings is 1. The topological polar surface area (TPSA) is 42.0 Å². The predicted octanol–water partition coefficient (Wildman–Crippen LogP) is 2.89. The molecule has 3 nitrogen and oxygen atoms in total. The number of benzene rings is 1. The van der Waals surface area contributed by atoms with E-state index in [-0.39, 0.29) is 5.78 Å². The molecule has 1 heterocycles. The van der Waals surface area contributed by atoms with E-state index in [0.717, 1.165) is 5.69 Å². The second-order valence-corrected chi connectivity index (χ2v) is 3.44. The number of anilines is 1. The van der Waals surface area contributed by atoms with E-state index >= 15 is 0 Å². The Morgan fingerprint density at radius 3 is 2.47 bits per heavy atom. The van der Waals surface area contributed by atoms with E-state index in [4.69, 9.17) is 0 Å². The molecule has 2 rings (SSSR count). The van der Waals surface area contributed by atoms with Crippen LogP contribution in [0.25, 0.3) is 0 Å². The van der Waals surface area contributed by atoms with Gasteiger partial charge in [-0.25, -0.2) is 0 Å². The van der Waals surface area contributed by atoms with Crippen LogP contribution in [0.3, 0.4) is 0 Å². The molecule has 0 fully saturated rings. The summed E-state index contributed by atoms with van der Waals surface area (Å²) in [6, 6.07) is 12.8. The summed E-state index contributed by atoms with van der Waals surface area (Å²) >= 11 is 0. The van der Waals surface area contributed by atoms with Gasteiger partial charge >= 0.3 is 0 Å². The largest absolute Gasteiger partial charge is 0.361 e. The fourth-order valence-electron chi connectivity index (χ4n) is 1.36. The summed E-state index contributed by atoms with van der Waals surface area (Å²) in [7, 11) is 0. The first-order valence-electron chi connectivity index (χ1n) is 5.29. The van der Waals surface area contributed by atoms with Crippen LogP contribution in [0.15, 0.2) is 67.1 Å². The lowest BCUT2D eigenvalue weighted by Gasteiger charge is -1.98. The number of rotatable bonds is 4. The smallest absolute Gasteiger partial charge is 0.187 e. The Morgan fingerprint density at radius 2 is 1.76 bits per heavy atom. The fourth-order valence-corrected chi connectivity index (χ4v) is 1.36. The minimum atomic E-state index is -0.0212. The number of aromatic nitrogens is 1. The molecule has 2 aromatic rings. The molecule has 0 bridgehead atoms. The van der Waals surface area contributed by atoms with E-state index in [0.29, 0.717) is 5.56 Å². The van der Waals surface area contributed by atoms with Crippen molar-refractivity contribution in [2.24, 2.45) is 0 Å². The third-order valence-electron chi connectivity index (χ3n) is 2.22. The van der Waals surface area contributed by atoms with Crippen LogP contribution in [-0.4, -0.2) is 10.8 Å². The molecule has 1 N–H and O–H groups in total. The summed E-state index contributed by atoms with van der Waals surface area (Å²) in [5.74, 6) is -0.0212. The van der Waals surface area contributed by atoms with E-state index < -0.39 is 0 Å². The number of allylic oxidation sites excluding steroid dienone is 1. The minimum Gasteiger partial charge on any atom is -0.361 e. The maximum atomic E-state index is 11.7. The molecule has 1 aromatic heterocycles. The van der Waals surface area contributed by atoms with Crippen molar-refractivity contribution in [1.82, 2.24) is 4.98 Å². The van der Waals surface area contributed by atoms with Crippen molar-refractivity contribution in [1.29, 1.82) is 0 Å². The van der Waals surface area contributed by atoms with Gasteiger partial charge in [0.05, 0.1) is 0 Å². The molecule has 3 heteroatoms. The summed E-state index contributed by atoms with van der Waals surface area (Å²) in [5.41, 5.74) is 1.58. The molecule has 0 aliphatic heterocycles. The van der Waals surface area contributed by atoms with E-state index in [9.17, 15) is 4.79 Å². The lowest BCUT2D eigenvalue weighted by Crippen LogP contribution is -1.95.